The van der Waals surface area contributed by atoms with Crippen molar-refractivity contribution in [2.45, 2.75) is 6.04 Å². The van der Waals surface area contributed by atoms with Crippen LogP contribution in [-0.4, -0.2) is 48.1 Å². The van der Waals surface area contributed by atoms with Crippen molar-refractivity contribution < 1.29 is 5.11 Å². The zero-order chi connectivity index (χ0) is 16.5. The molecule has 0 amide bonds. The molecule has 1 aliphatic rings. The minimum Gasteiger partial charge on any atom is -0.508 e. The van der Waals surface area contributed by atoms with Crippen molar-refractivity contribution in [3.05, 3.63) is 64.4 Å². The van der Waals surface area contributed by atoms with Gasteiger partial charge in [-0.05, 0) is 35.3 Å². The molecule has 0 bridgehead atoms. The lowest BCUT2D eigenvalue weighted by atomic mass is 9.95. The maximum Gasteiger partial charge on any atom is 0.121 e. The van der Waals surface area contributed by atoms with Gasteiger partial charge >= 0.3 is 0 Å². The van der Waals surface area contributed by atoms with Crippen LogP contribution in [0.15, 0.2) is 53.9 Å². The van der Waals surface area contributed by atoms with Gasteiger partial charge in [0.05, 0.1) is 6.04 Å². The Morgan fingerprint density at radius 3 is 2.50 bits per heavy atom. The van der Waals surface area contributed by atoms with Crippen LogP contribution in [0.1, 0.15) is 16.5 Å². The quantitative estimate of drug-likeness (QED) is 0.783. The van der Waals surface area contributed by atoms with Crippen LogP contribution in [-0.2, 0) is 0 Å². The number of piperazine rings is 1. The lowest BCUT2D eigenvalue weighted by Gasteiger charge is -2.38. The zero-order valence-corrected chi connectivity index (χ0v) is 14.7. The number of rotatable bonds is 3. The summed E-state index contributed by atoms with van der Waals surface area (Å²) in [6, 6.07) is 16.6. The first-order chi connectivity index (χ1) is 11.7. The Bertz CT molecular complexity index is 823. The fraction of sp³-hybridized carbons (Fsp3) is 0.300. The Labute approximate surface area is 146 Å². The Kier molecular flexibility index (Phi) is 4.27. The summed E-state index contributed by atoms with van der Waals surface area (Å²) in [5.41, 5.74) is 1.04. The van der Waals surface area contributed by atoms with Crippen LogP contribution in [0.2, 0.25) is 0 Å². The molecule has 1 N–H and O–H groups in total. The van der Waals surface area contributed by atoms with E-state index in [-0.39, 0.29) is 6.04 Å². The average molecular weight is 338 g/mol. The predicted octanol–water partition coefficient (Wildman–Crippen LogP) is 3.94. The third-order valence-corrected chi connectivity index (χ3v) is 5.86. The molecule has 1 unspecified atom stereocenters. The number of thiophene rings is 1. The third kappa shape index (κ3) is 2.81. The summed E-state index contributed by atoms with van der Waals surface area (Å²) in [6.07, 6.45) is 0. The first kappa shape index (κ1) is 15.6. The molecule has 1 atom stereocenters. The number of aromatic hydroxyl groups is 1. The number of phenolic OH excluding ortho intramolecular Hbond substituents is 1. The molecule has 1 aromatic heterocycles. The van der Waals surface area contributed by atoms with Gasteiger partial charge in [0.15, 0.2) is 0 Å². The SMILES string of the molecule is CN1CCN(C(c2cccs2)c2c(O)ccc3ccccc23)CC1. The molecule has 4 heteroatoms. The van der Waals surface area contributed by atoms with Gasteiger partial charge in [-0.3, -0.25) is 4.90 Å². The Balaban J connectivity index is 1.87. The van der Waals surface area contributed by atoms with Crippen molar-refractivity contribution in [2.24, 2.45) is 0 Å². The highest BCUT2D eigenvalue weighted by Gasteiger charge is 2.29. The molecule has 24 heavy (non-hydrogen) atoms. The van der Waals surface area contributed by atoms with Crippen molar-refractivity contribution in [3.8, 4) is 5.75 Å². The maximum atomic E-state index is 10.7. The fourth-order valence-corrected chi connectivity index (χ4v) is 4.47. The van der Waals surface area contributed by atoms with Gasteiger partial charge < -0.3 is 10.0 Å². The molecule has 2 aromatic carbocycles. The normalized spacial score (nSPS) is 18.0. The monoisotopic (exact) mass is 338 g/mol. The van der Waals surface area contributed by atoms with Crippen molar-refractivity contribution >= 4 is 22.1 Å². The fourth-order valence-electron chi connectivity index (χ4n) is 3.60. The van der Waals surface area contributed by atoms with E-state index in [0.29, 0.717) is 5.75 Å². The van der Waals surface area contributed by atoms with Crippen LogP contribution in [0.25, 0.3) is 10.8 Å². The molecule has 1 saturated heterocycles. The number of hydrogen-bond donors (Lipinski definition) is 1. The summed E-state index contributed by atoms with van der Waals surface area (Å²) in [6.45, 7) is 4.16. The molecule has 1 fully saturated rings. The Morgan fingerprint density at radius 1 is 0.958 bits per heavy atom. The van der Waals surface area contributed by atoms with Gasteiger partial charge in [-0.1, -0.05) is 36.4 Å². The number of fused-ring (bicyclic) bond motifs is 1. The van der Waals surface area contributed by atoms with Crippen LogP contribution in [0, 0.1) is 0 Å². The van der Waals surface area contributed by atoms with Gasteiger partial charge in [0.25, 0.3) is 0 Å². The van der Waals surface area contributed by atoms with Gasteiger partial charge in [0.1, 0.15) is 5.75 Å². The second-order valence-corrected chi connectivity index (χ2v) is 7.46. The van der Waals surface area contributed by atoms with Gasteiger partial charge in [0.2, 0.25) is 0 Å². The van der Waals surface area contributed by atoms with Gasteiger partial charge in [0, 0.05) is 36.6 Å². The molecular weight excluding hydrogens is 316 g/mol. The molecule has 2 heterocycles. The lowest BCUT2D eigenvalue weighted by molar-refractivity contribution is 0.128. The molecule has 0 aliphatic carbocycles. The summed E-state index contributed by atoms with van der Waals surface area (Å²) in [5, 5.41) is 15.2. The molecule has 0 radical (unpaired) electrons. The molecular formula is C20H22N2OS. The number of nitrogens with zero attached hydrogens (tertiary/aromatic N) is 2. The first-order valence-corrected chi connectivity index (χ1v) is 9.28. The second kappa shape index (κ2) is 6.55. The lowest BCUT2D eigenvalue weighted by Crippen LogP contribution is -2.46. The van der Waals surface area contributed by atoms with E-state index in [0.717, 1.165) is 37.1 Å². The Morgan fingerprint density at radius 2 is 1.75 bits per heavy atom. The predicted molar refractivity (Wildman–Crippen MR) is 101 cm³/mol. The summed E-state index contributed by atoms with van der Waals surface area (Å²) in [4.78, 5) is 6.17. The highest BCUT2D eigenvalue weighted by atomic mass is 32.1. The zero-order valence-electron chi connectivity index (χ0n) is 13.9. The van der Waals surface area contributed by atoms with E-state index in [1.165, 1.54) is 10.3 Å². The summed E-state index contributed by atoms with van der Waals surface area (Å²) in [5.74, 6) is 0.394. The van der Waals surface area contributed by atoms with Crippen LogP contribution >= 0.6 is 11.3 Å². The van der Waals surface area contributed by atoms with E-state index in [1.54, 1.807) is 11.3 Å². The topological polar surface area (TPSA) is 26.7 Å². The molecule has 3 aromatic rings. The summed E-state index contributed by atoms with van der Waals surface area (Å²) >= 11 is 1.77. The van der Waals surface area contributed by atoms with Crippen LogP contribution in [0.5, 0.6) is 5.75 Å². The summed E-state index contributed by atoms with van der Waals surface area (Å²) < 4.78 is 0. The van der Waals surface area contributed by atoms with Crippen LogP contribution < -0.4 is 0 Å². The number of likely N-dealkylation sites (N-methyl/N-ethyl adjacent to an activating group) is 1. The van der Waals surface area contributed by atoms with Crippen molar-refractivity contribution in [2.75, 3.05) is 33.2 Å². The molecule has 3 nitrogen and oxygen atoms in total. The van der Waals surface area contributed by atoms with E-state index < -0.39 is 0 Å². The number of hydrogen-bond acceptors (Lipinski definition) is 4. The first-order valence-electron chi connectivity index (χ1n) is 8.40. The standard InChI is InChI=1S/C20H22N2OS/c1-21-10-12-22(13-11-21)20(18-7-4-14-24-18)19-16-6-3-2-5-15(16)8-9-17(19)23/h2-9,14,20,23H,10-13H2,1H3. The summed E-state index contributed by atoms with van der Waals surface area (Å²) in [7, 11) is 2.17. The molecule has 4 rings (SSSR count). The third-order valence-electron chi connectivity index (χ3n) is 4.94. The molecule has 124 valence electrons. The largest absolute Gasteiger partial charge is 0.508 e. The van der Waals surface area contributed by atoms with Crippen LogP contribution in [0.4, 0.5) is 0 Å². The number of phenols is 1. The van der Waals surface area contributed by atoms with Gasteiger partial charge in [-0.2, -0.15) is 0 Å². The highest BCUT2D eigenvalue weighted by molar-refractivity contribution is 7.10. The Hall–Kier alpha value is -1.88. The highest BCUT2D eigenvalue weighted by Crippen LogP contribution is 2.41. The van der Waals surface area contributed by atoms with Gasteiger partial charge in [-0.15, -0.1) is 11.3 Å². The molecule has 1 aliphatic heterocycles. The minimum atomic E-state index is 0.116. The van der Waals surface area contributed by atoms with E-state index in [1.807, 2.05) is 12.1 Å². The van der Waals surface area contributed by atoms with Gasteiger partial charge in [-0.25, -0.2) is 0 Å². The second-order valence-electron chi connectivity index (χ2n) is 6.48. The maximum absolute atomic E-state index is 10.7. The van der Waals surface area contributed by atoms with E-state index in [4.69, 9.17) is 0 Å². The smallest absolute Gasteiger partial charge is 0.121 e. The minimum absolute atomic E-state index is 0.116. The van der Waals surface area contributed by atoms with E-state index in [9.17, 15) is 5.11 Å². The van der Waals surface area contributed by atoms with Crippen molar-refractivity contribution in [1.29, 1.82) is 0 Å². The average Bonchev–Trinajstić information content (AvgIpc) is 3.13. The van der Waals surface area contributed by atoms with E-state index in [2.05, 4.69) is 58.6 Å². The van der Waals surface area contributed by atoms with E-state index >= 15 is 0 Å². The molecule has 0 spiro atoms. The van der Waals surface area contributed by atoms with Crippen molar-refractivity contribution in [3.63, 3.8) is 0 Å². The molecule has 0 saturated carbocycles. The number of benzene rings is 2. The van der Waals surface area contributed by atoms with Crippen LogP contribution in [0.3, 0.4) is 0 Å². The van der Waals surface area contributed by atoms with Crippen molar-refractivity contribution in [1.82, 2.24) is 9.80 Å².